The molecule has 17 unspecified atom stereocenters. The Morgan fingerprint density at radius 3 is 1.02 bits per heavy atom. The minimum Gasteiger partial charge on any atom is -0.394 e. The molecule has 3 heterocycles. The molecule has 3 rings (SSSR count). The maximum Gasteiger partial charge on any atom is 0.220 e. The van der Waals surface area contributed by atoms with Crippen LogP contribution in [0.2, 0.25) is 0 Å². The smallest absolute Gasteiger partial charge is 0.220 e. The zero-order valence-electron chi connectivity index (χ0n) is 65.3. The Labute approximate surface area is 630 Å². The molecule has 0 aliphatic carbocycles. The Morgan fingerprint density at radius 2 is 0.644 bits per heavy atom. The molecule has 3 saturated heterocycles. The SMILES string of the molecule is CCCCCCC/C=C\C/C=C\CCCCCCCCCCCCCCCCCCCCCC(=O)NC(COC1OC(CO)C(OC2OC(CO)C(OC3OC(CO)C(O)C(O)C3O)C(O)C2O)C(O)C1O)C(O)/C=C/CC/C=C/CC/C=C/CCCCCCCCCCCCCCCCCCCC. The number of aliphatic hydroxyl groups is 11. The zero-order valence-corrected chi connectivity index (χ0v) is 65.3. The third-order valence-electron chi connectivity index (χ3n) is 21.0. The van der Waals surface area contributed by atoms with E-state index in [4.69, 9.17) is 28.4 Å². The van der Waals surface area contributed by atoms with Crippen LogP contribution in [0, 0.1) is 0 Å². The average molecular weight is 1480 g/mol. The maximum atomic E-state index is 13.5. The summed E-state index contributed by atoms with van der Waals surface area (Å²) in [7, 11) is 0. The second kappa shape index (κ2) is 65.2. The molecule has 0 aromatic heterocycles. The largest absolute Gasteiger partial charge is 0.394 e. The number of amides is 1. The minimum absolute atomic E-state index is 0.233. The van der Waals surface area contributed by atoms with Crippen molar-refractivity contribution < 1.29 is 89.4 Å². The van der Waals surface area contributed by atoms with E-state index >= 15 is 0 Å². The lowest BCUT2D eigenvalue weighted by molar-refractivity contribution is -0.379. The molecular formula is C85H155NO18. The predicted molar refractivity (Wildman–Crippen MR) is 415 cm³/mol. The molecule has 3 aliphatic rings. The lowest BCUT2D eigenvalue weighted by atomic mass is 9.96. The van der Waals surface area contributed by atoms with Crippen molar-refractivity contribution in [1.82, 2.24) is 5.32 Å². The number of hydrogen-bond acceptors (Lipinski definition) is 18. The van der Waals surface area contributed by atoms with E-state index in [0.29, 0.717) is 12.8 Å². The number of allylic oxidation sites excluding steroid dienone is 9. The van der Waals surface area contributed by atoms with Crippen LogP contribution in [0.5, 0.6) is 0 Å². The molecule has 3 aliphatic heterocycles. The van der Waals surface area contributed by atoms with Gasteiger partial charge in [-0.05, 0) is 77.0 Å². The normalized spacial score (nSPS) is 26.2. The fourth-order valence-corrected chi connectivity index (χ4v) is 14.2. The van der Waals surface area contributed by atoms with Gasteiger partial charge in [0.15, 0.2) is 18.9 Å². The highest BCUT2D eigenvalue weighted by atomic mass is 16.8. The number of rotatable bonds is 68. The topological polar surface area (TPSA) is 307 Å². The Balaban J connectivity index is 1.37. The Morgan fingerprint density at radius 1 is 0.346 bits per heavy atom. The molecule has 19 nitrogen and oxygen atoms in total. The highest BCUT2D eigenvalue weighted by Gasteiger charge is 2.54. The number of aliphatic hydroxyl groups excluding tert-OH is 11. The summed E-state index contributed by atoms with van der Waals surface area (Å²) in [5.41, 5.74) is 0. The van der Waals surface area contributed by atoms with Crippen molar-refractivity contribution in [3.05, 3.63) is 60.8 Å². The third kappa shape index (κ3) is 44.4. The summed E-state index contributed by atoms with van der Waals surface area (Å²) in [6.45, 7) is 1.75. The van der Waals surface area contributed by atoms with Crippen LogP contribution in [0.1, 0.15) is 341 Å². The van der Waals surface area contributed by atoms with Crippen molar-refractivity contribution in [2.75, 3.05) is 26.4 Å². The van der Waals surface area contributed by atoms with Crippen molar-refractivity contribution in [3.63, 3.8) is 0 Å². The van der Waals surface area contributed by atoms with Gasteiger partial charge in [-0.3, -0.25) is 4.79 Å². The Hall–Kier alpha value is -2.51. The molecule has 104 heavy (non-hydrogen) atoms. The van der Waals surface area contributed by atoms with E-state index in [-0.39, 0.29) is 18.9 Å². The lowest BCUT2D eigenvalue weighted by Gasteiger charge is -2.48. The van der Waals surface area contributed by atoms with Gasteiger partial charge < -0.3 is 89.9 Å². The van der Waals surface area contributed by atoms with Gasteiger partial charge in [0, 0.05) is 6.42 Å². The van der Waals surface area contributed by atoms with E-state index in [2.05, 4.69) is 67.8 Å². The molecular weight excluding hydrogens is 1320 g/mol. The number of carbonyl (C=O) groups is 1. The first kappa shape index (κ1) is 95.7. The van der Waals surface area contributed by atoms with Crippen LogP contribution < -0.4 is 5.32 Å². The van der Waals surface area contributed by atoms with E-state index in [9.17, 15) is 61.0 Å². The number of hydrogen-bond donors (Lipinski definition) is 12. The quantitative estimate of drug-likeness (QED) is 0.0199. The molecule has 3 fully saturated rings. The van der Waals surface area contributed by atoms with Crippen LogP contribution >= 0.6 is 0 Å². The van der Waals surface area contributed by atoms with E-state index < -0.39 is 124 Å². The molecule has 19 heteroatoms. The van der Waals surface area contributed by atoms with Crippen molar-refractivity contribution in [3.8, 4) is 0 Å². The average Bonchev–Trinajstić information content (AvgIpc) is 0.783. The lowest BCUT2D eigenvalue weighted by Crippen LogP contribution is -2.66. The number of nitrogens with one attached hydrogen (secondary N) is 1. The summed E-state index contributed by atoms with van der Waals surface area (Å²) in [6.07, 6.45) is 57.9. The van der Waals surface area contributed by atoms with Crippen molar-refractivity contribution in [2.24, 2.45) is 0 Å². The van der Waals surface area contributed by atoms with Gasteiger partial charge in [-0.15, -0.1) is 0 Å². The van der Waals surface area contributed by atoms with Gasteiger partial charge in [-0.25, -0.2) is 0 Å². The van der Waals surface area contributed by atoms with Gasteiger partial charge >= 0.3 is 0 Å². The van der Waals surface area contributed by atoms with Crippen molar-refractivity contribution in [1.29, 1.82) is 0 Å². The maximum absolute atomic E-state index is 13.5. The first-order valence-electron chi connectivity index (χ1n) is 42.5. The molecule has 12 N–H and O–H groups in total. The zero-order chi connectivity index (χ0) is 75.3. The summed E-state index contributed by atoms with van der Waals surface area (Å²) in [6, 6.07) is -0.999. The number of unbranched alkanes of at least 4 members (excludes halogenated alkanes) is 44. The number of ether oxygens (including phenoxy) is 6. The van der Waals surface area contributed by atoms with Crippen LogP contribution in [0.15, 0.2) is 60.8 Å². The monoisotopic (exact) mass is 1480 g/mol. The number of carbonyl (C=O) groups excluding carboxylic acids is 1. The molecule has 0 aromatic rings. The van der Waals surface area contributed by atoms with Crippen LogP contribution in [0.4, 0.5) is 0 Å². The second-order valence-corrected chi connectivity index (χ2v) is 30.3. The summed E-state index contributed by atoms with van der Waals surface area (Å²) in [5, 5.41) is 121. The molecule has 0 spiro atoms. The van der Waals surface area contributed by atoms with E-state index in [1.807, 2.05) is 6.08 Å². The molecule has 0 aromatic carbocycles. The molecule has 0 saturated carbocycles. The van der Waals surface area contributed by atoms with Gasteiger partial charge in [-0.1, -0.05) is 319 Å². The first-order chi connectivity index (χ1) is 50.8. The fraction of sp³-hybridized carbons (Fsp3) is 0.871. The van der Waals surface area contributed by atoms with Gasteiger partial charge in [0.05, 0.1) is 38.6 Å². The second-order valence-electron chi connectivity index (χ2n) is 30.3. The standard InChI is InChI=1S/C85H155NO18/c1-3-5-7-9-11-13-15-17-19-21-23-25-27-29-31-33-34-35-37-39-41-43-45-47-49-51-53-55-57-59-61-63-73(91)86-68(69(90)62-60-58-56-54-52-50-48-46-44-42-40-38-36-32-30-28-26-24-22-20-18-16-14-12-10-8-6-4-2)67-99-83-79(97)76(94)81(71(65-88)101-83)104-85-80(98)77(95)82(72(66-89)102-85)103-84-78(96)75(93)74(92)70(64-87)100-84/h15,17,21,23,44,46,52,54,60,62,68-72,74-85,87-90,92-98H,3-14,16,18-20,22,24-43,45,47-51,53,55-59,61,63-67H2,1-2H3,(H,86,91)/b17-15-,23-21-,46-44+,54-52+,62-60+. The van der Waals surface area contributed by atoms with Crippen LogP contribution in [-0.4, -0.2) is 193 Å². The van der Waals surface area contributed by atoms with Gasteiger partial charge in [-0.2, -0.15) is 0 Å². The van der Waals surface area contributed by atoms with E-state index in [1.165, 1.54) is 257 Å². The molecule has 608 valence electrons. The Kier molecular flexibility index (Phi) is 60.0. The molecule has 0 radical (unpaired) electrons. The third-order valence-corrected chi connectivity index (χ3v) is 21.0. The van der Waals surface area contributed by atoms with Crippen LogP contribution in [-0.2, 0) is 33.2 Å². The van der Waals surface area contributed by atoms with Crippen LogP contribution in [0.25, 0.3) is 0 Å². The summed E-state index contributed by atoms with van der Waals surface area (Å²) < 4.78 is 34.5. The van der Waals surface area contributed by atoms with Gasteiger partial charge in [0.2, 0.25) is 5.91 Å². The molecule has 17 atom stereocenters. The minimum atomic E-state index is -1.98. The molecule has 0 bridgehead atoms. The van der Waals surface area contributed by atoms with Crippen molar-refractivity contribution in [2.45, 2.75) is 446 Å². The van der Waals surface area contributed by atoms with Crippen molar-refractivity contribution >= 4 is 5.91 Å². The summed E-state index contributed by atoms with van der Waals surface area (Å²) >= 11 is 0. The summed E-state index contributed by atoms with van der Waals surface area (Å²) in [4.78, 5) is 13.5. The van der Waals surface area contributed by atoms with Gasteiger partial charge in [0.25, 0.3) is 0 Å². The first-order valence-corrected chi connectivity index (χ1v) is 42.5. The predicted octanol–water partition coefficient (Wildman–Crippen LogP) is 15.0. The van der Waals surface area contributed by atoms with E-state index in [1.54, 1.807) is 6.08 Å². The highest BCUT2D eigenvalue weighted by molar-refractivity contribution is 5.76. The fourth-order valence-electron chi connectivity index (χ4n) is 14.2. The summed E-state index contributed by atoms with van der Waals surface area (Å²) in [5.74, 6) is -0.285. The van der Waals surface area contributed by atoms with Gasteiger partial charge in [0.1, 0.15) is 73.2 Å². The van der Waals surface area contributed by atoms with Crippen LogP contribution in [0.3, 0.4) is 0 Å². The van der Waals surface area contributed by atoms with E-state index in [0.717, 1.165) is 51.4 Å². The molecule has 1 amide bonds. The Bertz CT molecular complexity index is 2110. The highest BCUT2D eigenvalue weighted by Crippen LogP contribution is 2.33.